The van der Waals surface area contributed by atoms with Crippen molar-refractivity contribution >= 4 is 0 Å². The molecule has 90 valence electrons. The molecule has 0 aliphatic heterocycles. The van der Waals surface area contributed by atoms with Crippen LogP contribution in [-0.4, -0.2) is 14.8 Å². The van der Waals surface area contributed by atoms with E-state index in [4.69, 9.17) is 5.73 Å². The second kappa shape index (κ2) is 4.67. The number of aryl methyl sites for hydroxylation is 1. The van der Waals surface area contributed by atoms with E-state index in [-0.39, 0.29) is 0 Å². The summed E-state index contributed by atoms with van der Waals surface area (Å²) >= 11 is 0. The molecule has 17 heavy (non-hydrogen) atoms. The zero-order valence-electron chi connectivity index (χ0n) is 10.6. The summed E-state index contributed by atoms with van der Waals surface area (Å²) in [5.41, 5.74) is 10.0. The first kappa shape index (κ1) is 11.8. The van der Waals surface area contributed by atoms with Gasteiger partial charge in [-0.2, -0.15) is 5.10 Å². The third kappa shape index (κ3) is 2.08. The fraction of sp³-hybridized carbons (Fsp3) is 0.385. The van der Waals surface area contributed by atoms with Crippen molar-refractivity contribution in [3.05, 3.63) is 40.8 Å². The average Bonchev–Trinajstić information content (AvgIpc) is 2.64. The van der Waals surface area contributed by atoms with Crippen molar-refractivity contribution in [2.24, 2.45) is 5.73 Å². The van der Waals surface area contributed by atoms with Gasteiger partial charge in [-0.3, -0.25) is 0 Å². The molecule has 2 heterocycles. The molecule has 2 aromatic heterocycles. The summed E-state index contributed by atoms with van der Waals surface area (Å²) in [7, 11) is 0. The number of pyridine rings is 1. The maximum atomic E-state index is 5.60. The maximum Gasteiger partial charge on any atom is 0.153 e. The van der Waals surface area contributed by atoms with Gasteiger partial charge in [0, 0.05) is 12.2 Å². The minimum atomic E-state index is 0.452. The molecule has 0 unspecified atom stereocenters. The average molecular weight is 230 g/mol. The Morgan fingerprint density at radius 2 is 2.06 bits per heavy atom. The van der Waals surface area contributed by atoms with Crippen molar-refractivity contribution in [2.75, 3.05) is 0 Å². The van der Waals surface area contributed by atoms with E-state index < -0.39 is 0 Å². The van der Waals surface area contributed by atoms with Crippen LogP contribution in [0.15, 0.2) is 18.2 Å². The lowest BCUT2D eigenvalue weighted by Crippen LogP contribution is -2.06. The number of rotatable bonds is 3. The third-order valence-corrected chi connectivity index (χ3v) is 3.01. The molecule has 0 radical (unpaired) electrons. The van der Waals surface area contributed by atoms with Gasteiger partial charge in [0.15, 0.2) is 5.82 Å². The van der Waals surface area contributed by atoms with Gasteiger partial charge in [0.05, 0.1) is 11.4 Å². The van der Waals surface area contributed by atoms with E-state index in [9.17, 15) is 0 Å². The Hall–Kier alpha value is -1.68. The molecule has 2 aromatic rings. The summed E-state index contributed by atoms with van der Waals surface area (Å²) < 4.78 is 1.90. The van der Waals surface area contributed by atoms with Crippen LogP contribution in [-0.2, 0) is 13.0 Å². The number of nitrogens with zero attached hydrogens (tertiary/aromatic N) is 3. The Morgan fingerprint density at radius 3 is 2.65 bits per heavy atom. The van der Waals surface area contributed by atoms with Crippen molar-refractivity contribution in [2.45, 2.75) is 33.7 Å². The molecule has 4 nitrogen and oxygen atoms in total. The van der Waals surface area contributed by atoms with E-state index in [2.05, 4.69) is 23.9 Å². The summed E-state index contributed by atoms with van der Waals surface area (Å²) in [6, 6.07) is 5.85. The van der Waals surface area contributed by atoms with Gasteiger partial charge in [-0.15, -0.1) is 0 Å². The molecule has 0 fully saturated rings. The van der Waals surface area contributed by atoms with Crippen LogP contribution in [0.3, 0.4) is 0 Å². The van der Waals surface area contributed by atoms with Crippen LogP contribution >= 0.6 is 0 Å². The van der Waals surface area contributed by atoms with Gasteiger partial charge in [-0.1, -0.05) is 13.0 Å². The Morgan fingerprint density at radius 1 is 1.29 bits per heavy atom. The quantitative estimate of drug-likeness (QED) is 0.876. The van der Waals surface area contributed by atoms with Crippen LogP contribution in [0.1, 0.15) is 29.6 Å². The Kier molecular flexibility index (Phi) is 3.24. The molecular formula is C13H18N4. The Labute approximate surface area is 101 Å². The van der Waals surface area contributed by atoms with Gasteiger partial charge in [0.2, 0.25) is 0 Å². The summed E-state index contributed by atoms with van der Waals surface area (Å²) in [5.74, 6) is 0.841. The van der Waals surface area contributed by atoms with Crippen molar-refractivity contribution < 1.29 is 0 Å². The SMILES string of the molecule is CCc1c(C)nn(-c2cccc(CN)n2)c1C. The van der Waals surface area contributed by atoms with Gasteiger partial charge in [0.25, 0.3) is 0 Å². The molecule has 0 amide bonds. The predicted molar refractivity (Wildman–Crippen MR) is 68.1 cm³/mol. The van der Waals surface area contributed by atoms with Gasteiger partial charge < -0.3 is 5.73 Å². The summed E-state index contributed by atoms with van der Waals surface area (Å²) in [6.45, 7) is 6.71. The van der Waals surface area contributed by atoms with E-state index in [1.54, 1.807) is 0 Å². The highest BCUT2D eigenvalue weighted by atomic mass is 15.3. The molecule has 0 saturated heterocycles. The van der Waals surface area contributed by atoms with Crippen LogP contribution in [0, 0.1) is 13.8 Å². The van der Waals surface area contributed by atoms with E-state index >= 15 is 0 Å². The largest absolute Gasteiger partial charge is 0.325 e. The molecule has 0 spiro atoms. The van der Waals surface area contributed by atoms with E-state index in [1.807, 2.05) is 29.8 Å². The monoisotopic (exact) mass is 230 g/mol. The number of hydrogen-bond acceptors (Lipinski definition) is 3. The first-order chi connectivity index (χ1) is 8.17. The molecular weight excluding hydrogens is 212 g/mol. The van der Waals surface area contributed by atoms with E-state index in [0.29, 0.717) is 6.54 Å². The molecule has 0 aliphatic carbocycles. The molecule has 0 bridgehead atoms. The highest BCUT2D eigenvalue weighted by Crippen LogP contribution is 2.17. The fourth-order valence-electron chi connectivity index (χ4n) is 2.11. The van der Waals surface area contributed by atoms with Crippen molar-refractivity contribution in [3.63, 3.8) is 0 Å². The summed E-state index contributed by atoms with van der Waals surface area (Å²) in [4.78, 5) is 4.49. The third-order valence-electron chi connectivity index (χ3n) is 3.01. The topological polar surface area (TPSA) is 56.7 Å². The second-order valence-corrected chi connectivity index (χ2v) is 4.11. The van der Waals surface area contributed by atoms with Crippen molar-refractivity contribution in [3.8, 4) is 5.82 Å². The standard InChI is InChI=1S/C13H18N4/c1-4-12-9(2)16-17(10(12)3)13-7-5-6-11(8-14)15-13/h5-7H,4,8,14H2,1-3H3. The smallest absolute Gasteiger partial charge is 0.153 e. The molecule has 0 atom stereocenters. The molecule has 2 rings (SSSR count). The van der Waals surface area contributed by atoms with Crippen LogP contribution < -0.4 is 5.73 Å². The van der Waals surface area contributed by atoms with Crippen LogP contribution in [0.4, 0.5) is 0 Å². The minimum Gasteiger partial charge on any atom is -0.325 e. The van der Waals surface area contributed by atoms with E-state index in [1.165, 1.54) is 5.56 Å². The zero-order chi connectivity index (χ0) is 12.4. The van der Waals surface area contributed by atoms with Crippen molar-refractivity contribution in [1.29, 1.82) is 0 Å². The lowest BCUT2D eigenvalue weighted by molar-refractivity contribution is 0.793. The highest BCUT2D eigenvalue weighted by Gasteiger charge is 2.11. The van der Waals surface area contributed by atoms with E-state index in [0.717, 1.165) is 29.3 Å². The first-order valence-electron chi connectivity index (χ1n) is 5.88. The molecule has 4 heteroatoms. The van der Waals surface area contributed by atoms with Gasteiger partial charge in [-0.25, -0.2) is 9.67 Å². The van der Waals surface area contributed by atoms with Gasteiger partial charge >= 0.3 is 0 Å². The summed E-state index contributed by atoms with van der Waals surface area (Å²) in [5, 5.41) is 4.54. The number of nitrogens with two attached hydrogens (primary N) is 1. The molecule has 0 aromatic carbocycles. The fourth-order valence-corrected chi connectivity index (χ4v) is 2.11. The molecule has 0 aliphatic rings. The number of aromatic nitrogens is 3. The highest BCUT2D eigenvalue weighted by molar-refractivity contribution is 5.33. The second-order valence-electron chi connectivity index (χ2n) is 4.11. The predicted octanol–water partition coefficient (Wildman–Crippen LogP) is 1.91. The normalized spacial score (nSPS) is 10.8. The maximum absolute atomic E-state index is 5.60. The summed E-state index contributed by atoms with van der Waals surface area (Å²) in [6.07, 6.45) is 0.994. The lowest BCUT2D eigenvalue weighted by Gasteiger charge is -2.05. The lowest BCUT2D eigenvalue weighted by atomic mass is 10.1. The Balaban J connectivity index is 2.52. The molecule has 2 N–H and O–H groups in total. The molecule has 0 saturated carbocycles. The zero-order valence-corrected chi connectivity index (χ0v) is 10.6. The minimum absolute atomic E-state index is 0.452. The Bertz CT molecular complexity index is 528. The van der Waals surface area contributed by atoms with Gasteiger partial charge in [-0.05, 0) is 38.0 Å². The van der Waals surface area contributed by atoms with Crippen molar-refractivity contribution in [1.82, 2.24) is 14.8 Å². The van der Waals surface area contributed by atoms with Crippen LogP contribution in [0.2, 0.25) is 0 Å². The number of hydrogen-bond donors (Lipinski definition) is 1. The first-order valence-corrected chi connectivity index (χ1v) is 5.88. The van der Waals surface area contributed by atoms with Crippen LogP contribution in [0.5, 0.6) is 0 Å². The van der Waals surface area contributed by atoms with Gasteiger partial charge in [0.1, 0.15) is 0 Å². The van der Waals surface area contributed by atoms with Crippen LogP contribution in [0.25, 0.3) is 5.82 Å².